The number of carbonyl (C=O) groups is 1. The number of nitrogens with one attached hydrogen (secondary N) is 1. The minimum atomic E-state index is -1.32. The number of halogens is 3. The smallest absolute Gasteiger partial charge is 0.410 e. The van der Waals surface area contributed by atoms with Gasteiger partial charge in [0.2, 0.25) is 0 Å². The number of fused-ring (bicyclic) bond motifs is 1. The molecule has 0 aromatic heterocycles. The highest BCUT2D eigenvalue weighted by atomic mass is 79.9. The van der Waals surface area contributed by atoms with Crippen LogP contribution in [0.15, 0.2) is 21.6 Å². The highest BCUT2D eigenvalue weighted by molar-refractivity contribution is 9.10. The van der Waals surface area contributed by atoms with Gasteiger partial charge in [-0.25, -0.2) is 18.6 Å². The molecule has 1 aromatic carbocycles. The molecule has 118 valence electrons. The topological polar surface area (TPSA) is 70.9 Å². The van der Waals surface area contributed by atoms with E-state index in [1.165, 1.54) is 17.8 Å². The van der Waals surface area contributed by atoms with E-state index in [-0.39, 0.29) is 21.1 Å². The van der Waals surface area contributed by atoms with Gasteiger partial charge in [0.15, 0.2) is 10.9 Å². The molecule has 2 heterocycles. The Bertz CT molecular complexity index is 673. The molecule has 0 bridgehead atoms. The zero-order chi connectivity index (χ0) is 15.9. The average Bonchev–Trinajstić information content (AvgIpc) is 2.86. The van der Waals surface area contributed by atoms with Crippen LogP contribution in [0.1, 0.15) is 12.0 Å². The summed E-state index contributed by atoms with van der Waals surface area (Å²) in [4.78, 5) is 15.1. The zero-order valence-electron chi connectivity index (χ0n) is 11.1. The molecule has 22 heavy (non-hydrogen) atoms. The van der Waals surface area contributed by atoms with Crippen molar-refractivity contribution in [2.75, 3.05) is 12.4 Å². The van der Waals surface area contributed by atoms with E-state index in [1.807, 2.05) is 0 Å². The quantitative estimate of drug-likeness (QED) is 0.719. The lowest BCUT2D eigenvalue weighted by atomic mass is 9.90. The molecule has 2 atom stereocenters. The average molecular weight is 393 g/mol. The van der Waals surface area contributed by atoms with E-state index in [4.69, 9.17) is 9.84 Å². The van der Waals surface area contributed by atoms with Crippen LogP contribution >= 0.6 is 27.7 Å². The molecule has 3 rings (SSSR count). The molecule has 2 aliphatic heterocycles. The predicted octanol–water partition coefficient (Wildman–Crippen LogP) is 3.29. The van der Waals surface area contributed by atoms with Gasteiger partial charge in [0.05, 0.1) is 11.1 Å². The Morgan fingerprint density at radius 2 is 2.27 bits per heavy atom. The first-order valence-corrected chi connectivity index (χ1v) is 8.22. The molecule has 1 fully saturated rings. The summed E-state index contributed by atoms with van der Waals surface area (Å²) in [5.41, 5.74) is -1.21. The number of rotatable bonds is 1. The molecule has 1 saturated heterocycles. The van der Waals surface area contributed by atoms with E-state index >= 15 is 0 Å². The van der Waals surface area contributed by atoms with E-state index in [0.717, 1.165) is 6.07 Å². The number of ether oxygens (including phenoxy) is 1. The van der Waals surface area contributed by atoms with Crippen molar-refractivity contribution in [3.05, 3.63) is 33.8 Å². The van der Waals surface area contributed by atoms with E-state index in [2.05, 4.69) is 26.2 Å². The predicted molar refractivity (Wildman–Crippen MR) is 80.8 cm³/mol. The fourth-order valence-electron chi connectivity index (χ4n) is 2.66. The lowest BCUT2D eigenvalue weighted by Gasteiger charge is -2.35. The van der Waals surface area contributed by atoms with Gasteiger partial charge in [-0.05, 0) is 28.4 Å². The molecular formula is C13H11BrF2N2O3S. The summed E-state index contributed by atoms with van der Waals surface area (Å²) in [7, 11) is 0. The van der Waals surface area contributed by atoms with Crippen LogP contribution in [0.5, 0.6) is 0 Å². The Kier molecular flexibility index (Phi) is 4.13. The van der Waals surface area contributed by atoms with Crippen molar-refractivity contribution >= 4 is 39.0 Å². The van der Waals surface area contributed by atoms with Crippen molar-refractivity contribution in [1.29, 1.82) is 0 Å². The van der Waals surface area contributed by atoms with Gasteiger partial charge in [-0.1, -0.05) is 11.8 Å². The molecule has 0 saturated carbocycles. The van der Waals surface area contributed by atoms with E-state index in [9.17, 15) is 13.6 Å². The second-order valence-corrected chi connectivity index (χ2v) is 6.80. The van der Waals surface area contributed by atoms with Gasteiger partial charge in [-0.15, -0.1) is 0 Å². The van der Waals surface area contributed by atoms with Crippen LogP contribution in [0, 0.1) is 17.6 Å². The summed E-state index contributed by atoms with van der Waals surface area (Å²) in [5.74, 6) is -1.06. The van der Waals surface area contributed by atoms with Crippen molar-refractivity contribution in [2.45, 2.75) is 12.1 Å². The highest BCUT2D eigenvalue weighted by Gasteiger charge is 2.50. The highest BCUT2D eigenvalue weighted by Crippen LogP contribution is 2.48. The largest absolute Gasteiger partial charge is 0.465 e. The van der Waals surface area contributed by atoms with Crippen molar-refractivity contribution in [2.24, 2.45) is 10.9 Å². The Morgan fingerprint density at radius 1 is 1.50 bits per heavy atom. The number of amidine groups is 1. The number of amides is 1. The van der Waals surface area contributed by atoms with Crippen LogP contribution in [-0.2, 0) is 10.5 Å². The molecule has 0 unspecified atom stereocenters. The molecule has 0 aliphatic carbocycles. The maximum Gasteiger partial charge on any atom is 0.410 e. The van der Waals surface area contributed by atoms with Crippen molar-refractivity contribution in [1.82, 2.24) is 5.32 Å². The van der Waals surface area contributed by atoms with Gasteiger partial charge in [0.25, 0.3) is 0 Å². The maximum atomic E-state index is 14.3. The SMILES string of the molecule is O=C(O)NC1=N[C@@]2(c3cc(Br)c(F)cc3F)OCC[C@H]2CS1. The molecule has 0 radical (unpaired) electrons. The van der Waals surface area contributed by atoms with Gasteiger partial charge in [0.1, 0.15) is 11.6 Å². The Balaban J connectivity index is 2.11. The minimum absolute atomic E-state index is 0.105. The summed E-state index contributed by atoms with van der Waals surface area (Å²) >= 11 is 4.28. The van der Waals surface area contributed by atoms with Crippen LogP contribution in [-0.4, -0.2) is 28.7 Å². The number of thioether (sulfide) groups is 1. The molecule has 0 spiro atoms. The fourth-order valence-corrected chi connectivity index (χ4v) is 4.12. The van der Waals surface area contributed by atoms with Gasteiger partial charge in [-0.2, -0.15) is 0 Å². The fraction of sp³-hybridized carbons (Fsp3) is 0.385. The maximum absolute atomic E-state index is 14.3. The molecule has 5 nitrogen and oxygen atoms in total. The number of hydrogen-bond donors (Lipinski definition) is 2. The first-order valence-electron chi connectivity index (χ1n) is 6.44. The summed E-state index contributed by atoms with van der Waals surface area (Å²) in [5, 5.41) is 11.1. The van der Waals surface area contributed by atoms with E-state index < -0.39 is 23.5 Å². The Labute approximate surface area is 137 Å². The second kappa shape index (κ2) is 5.78. The van der Waals surface area contributed by atoms with Gasteiger partial charge < -0.3 is 9.84 Å². The van der Waals surface area contributed by atoms with E-state index in [1.54, 1.807) is 0 Å². The first kappa shape index (κ1) is 15.7. The molecule has 9 heteroatoms. The normalized spacial score (nSPS) is 27.2. The standard InChI is InChI=1S/C13H11BrF2N2O3S/c14-8-3-7(9(15)4-10(8)16)13-6(1-2-21-13)5-22-11(18-13)17-12(19)20/h3-4,6H,1-2,5H2,(H,17,18)(H,19,20)/t6-,13+/m0/s1. The molecule has 2 aliphatic rings. The van der Waals surface area contributed by atoms with Gasteiger partial charge in [0, 0.05) is 23.3 Å². The van der Waals surface area contributed by atoms with Crippen molar-refractivity contribution < 1.29 is 23.4 Å². The number of aliphatic imine (C=N–C) groups is 1. The van der Waals surface area contributed by atoms with Crippen molar-refractivity contribution in [3.63, 3.8) is 0 Å². The minimum Gasteiger partial charge on any atom is -0.465 e. The Hall–Kier alpha value is -1.19. The number of benzene rings is 1. The number of carboxylic acid groups (broad SMARTS) is 1. The lowest BCUT2D eigenvalue weighted by molar-refractivity contribution is -0.0174. The number of hydrogen-bond acceptors (Lipinski definition) is 4. The summed E-state index contributed by atoms with van der Waals surface area (Å²) in [6.45, 7) is 0.378. The molecule has 1 aromatic rings. The Morgan fingerprint density at radius 3 is 3.00 bits per heavy atom. The zero-order valence-corrected chi connectivity index (χ0v) is 13.5. The summed E-state index contributed by atoms with van der Waals surface area (Å²) in [6.07, 6.45) is -0.579. The lowest BCUT2D eigenvalue weighted by Crippen LogP contribution is -2.41. The van der Waals surface area contributed by atoms with Crippen LogP contribution in [0.3, 0.4) is 0 Å². The molecule has 2 N–H and O–H groups in total. The monoisotopic (exact) mass is 392 g/mol. The third-order valence-electron chi connectivity index (χ3n) is 3.64. The van der Waals surface area contributed by atoms with E-state index in [0.29, 0.717) is 18.8 Å². The van der Waals surface area contributed by atoms with Gasteiger partial charge in [-0.3, -0.25) is 5.32 Å². The number of nitrogens with zero attached hydrogens (tertiary/aromatic N) is 1. The third-order valence-corrected chi connectivity index (χ3v) is 5.28. The molecular weight excluding hydrogens is 382 g/mol. The third kappa shape index (κ3) is 2.61. The first-order chi connectivity index (χ1) is 10.4. The molecule has 1 amide bonds. The van der Waals surface area contributed by atoms with Gasteiger partial charge >= 0.3 is 6.09 Å². The van der Waals surface area contributed by atoms with Crippen LogP contribution in [0.4, 0.5) is 13.6 Å². The van der Waals surface area contributed by atoms with Crippen LogP contribution in [0.2, 0.25) is 0 Å². The summed E-state index contributed by atoms with van der Waals surface area (Å²) < 4.78 is 33.5. The van der Waals surface area contributed by atoms with Crippen LogP contribution in [0.25, 0.3) is 0 Å². The van der Waals surface area contributed by atoms with Crippen LogP contribution < -0.4 is 5.32 Å². The second-order valence-electron chi connectivity index (χ2n) is 4.93. The summed E-state index contributed by atoms with van der Waals surface area (Å²) in [6, 6.07) is 2.08. The van der Waals surface area contributed by atoms with Crippen molar-refractivity contribution in [3.8, 4) is 0 Å².